The molecule has 0 aliphatic carbocycles. The van der Waals surface area contributed by atoms with E-state index in [-0.39, 0.29) is 49.1 Å². The highest BCUT2D eigenvalue weighted by atomic mass is 32.2. The number of amides is 1. The minimum atomic E-state index is -4.02. The van der Waals surface area contributed by atoms with Gasteiger partial charge in [0.05, 0.1) is 48.9 Å². The summed E-state index contributed by atoms with van der Waals surface area (Å²) in [7, 11) is -4.02. The van der Waals surface area contributed by atoms with Crippen LogP contribution in [0.15, 0.2) is 59.5 Å². The fourth-order valence-corrected chi connectivity index (χ4v) is 7.46. The summed E-state index contributed by atoms with van der Waals surface area (Å²) in [5, 5.41) is 13.5. The second-order valence-corrected chi connectivity index (χ2v) is 12.5. The Morgan fingerprint density at radius 2 is 1.79 bits per heavy atom. The van der Waals surface area contributed by atoms with Gasteiger partial charge in [-0.1, -0.05) is 30.3 Å². The third kappa shape index (κ3) is 7.03. The monoisotopic (exact) mass is 561 g/mol. The summed E-state index contributed by atoms with van der Waals surface area (Å²) in [6.45, 7) is 2.49. The minimum Gasteiger partial charge on any atom is -0.389 e. The molecule has 212 valence electrons. The highest BCUT2D eigenvalue weighted by molar-refractivity contribution is 7.89. The van der Waals surface area contributed by atoms with Crippen LogP contribution >= 0.6 is 0 Å². The molecule has 11 heteroatoms. The number of hydrogen-bond donors (Lipinski definition) is 2. The molecular weight excluding hydrogens is 525 g/mol. The van der Waals surface area contributed by atoms with Crippen molar-refractivity contribution in [3.63, 3.8) is 0 Å². The number of fused-ring (bicyclic) bond motifs is 1. The van der Waals surface area contributed by atoms with Crippen molar-refractivity contribution in [3.05, 3.63) is 66.0 Å². The maximum absolute atomic E-state index is 13.5. The van der Waals surface area contributed by atoms with Crippen LogP contribution in [-0.2, 0) is 30.8 Å². The van der Waals surface area contributed by atoms with Crippen LogP contribution in [0.3, 0.4) is 0 Å². The Kier molecular flexibility index (Phi) is 8.95. The predicted octanol–water partition coefficient (Wildman–Crippen LogP) is 1.90. The summed E-state index contributed by atoms with van der Waals surface area (Å²) >= 11 is 0. The zero-order valence-corrected chi connectivity index (χ0v) is 22.6. The zero-order valence-electron chi connectivity index (χ0n) is 21.8. The van der Waals surface area contributed by atoms with Crippen LogP contribution in [0.2, 0.25) is 0 Å². The maximum Gasteiger partial charge on any atom is 0.243 e. The first-order valence-electron chi connectivity index (χ1n) is 13.5. The number of nitrogens with one attached hydrogen (secondary N) is 1. The molecule has 1 amide bonds. The molecule has 9 nitrogen and oxygen atoms in total. The largest absolute Gasteiger partial charge is 0.389 e. The number of halogens is 1. The lowest BCUT2D eigenvalue weighted by atomic mass is 9.96. The van der Waals surface area contributed by atoms with Gasteiger partial charge >= 0.3 is 0 Å². The number of likely N-dealkylation sites (tertiary alicyclic amines) is 1. The molecule has 5 atom stereocenters. The molecule has 5 rings (SSSR count). The quantitative estimate of drug-likeness (QED) is 0.532. The standard InChI is InChI=1S/C28H36FN3O6S/c29-21-6-9-25(10-7-21)39(35,36)32-17-23(33)18-37-19-27-26(32)11-8-24(38-27)14-28(34)30-22-12-13-31(16-22)15-20-4-2-1-3-5-20/h1-7,9-10,22-24,26-27,33H,8,11-19H2,(H,30,34)/t22-,23-,24+,26-,27+/m0/s1. The zero-order chi connectivity index (χ0) is 27.4. The van der Waals surface area contributed by atoms with Gasteiger partial charge in [-0.15, -0.1) is 0 Å². The lowest BCUT2D eigenvalue weighted by molar-refractivity contribution is -0.146. The first-order valence-corrected chi connectivity index (χ1v) is 15.0. The van der Waals surface area contributed by atoms with E-state index in [1.165, 1.54) is 22.0 Å². The number of nitrogens with zero attached hydrogens (tertiary/aromatic N) is 2. The Bertz CT molecular complexity index is 1220. The Balaban J connectivity index is 1.18. The Labute approximate surface area is 228 Å². The molecule has 2 aromatic rings. The van der Waals surface area contributed by atoms with Crippen LogP contribution in [0.25, 0.3) is 0 Å². The molecule has 0 spiro atoms. The summed E-state index contributed by atoms with van der Waals surface area (Å²) in [5.74, 6) is -0.612. The number of rotatable bonds is 7. The molecule has 3 saturated heterocycles. The number of carbonyl (C=O) groups is 1. The number of benzene rings is 2. The number of sulfonamides is 1. The third-order valence-electron chi connectivity index (χ3n) is 7.65. The van der Waals surface area contributed by atoms with Crippen molar-refractivity contribution < 1.29 is 32.2 Å². The molecule has 3 fully saturated rings. The average Bonchev–Trinajstić information content (AvgIpc) is 3.33. The topological polar surface area (TPSA) is 108 Å². The molecule has 2 aromatic carbocycles. The fourth-order valence-electron chi connectivity index (χ4n) is 5.74. The Hall–Kier alpha value is -2.41. The highest BCUT2D eigenvalue weighted by Gasteiger charge is 2.43. The van der Waals surface area contributed by atoms with Gasteiger partial charge in [-0.2, -0.15) is 4.31 Å². The molecule has 3 heterocycles. The van der Waals surface area contributed by atoms with Crippen LogP contribution < -0.4 is 5.32 Å². The van der Waals surface area contributed by atoms with Gasteiger partial charge in [0, 0.05) is 32.2 Å². The van der Waals surface area contributed by atoms with E-state index in [9.17, 15) is 22.7 Å². The summed E-state index contributed by atoms with van der Waals surface area (Å²) in [4.78, 5) is 15.2. The van der Waals surface area contributed by atoms with E-state index in [4.69, 9.17) is 9.47 Å². The molecule has 0 saturated carbocycles. The van der Waals surface area contributed by atoms with Gasteiger partial charge in [0.2, 0.25) is 15.9 Å². The Morgan fingerprint density at radius 1 is 1.03 bits per heavy atom. The van der Waals surface area contributed by atoms with Crippen molar-refractivity contribution in [3.8, 4) is 0 Å². The molecule has 0 radical (unpaired) electrons. The van der Waals surface area contributed by atoms with Crippen molar-refractivity contribution in [2.24, 2.45) is 0 Å². The lowest BCUT2D eigenvalue weighted by Gasteiger charge is -2.43. The normalized spacial score (nSPS) is 28.8. The van der Waals surface area contributed by atoms with E-state index in [0.717, 1.165) is 38.2 Å². The van der Waals surface area contributed by atoms with Crippen LogP contribution in [0.1, 0.15) is 31.2 Å². The van der Waals surface area contributed by atoms with E-state index in [1.807, 2.05) is 18.2 Å². The number of aliphatic hydroxyl groups is 1. The summed E-state index contributed by atoms with van der Waals surface area (Å²) in [6.07, 6.45) is 0.0617. The third-order valence-corrected chi connectivity index (χ3v) is 9.56. The van der Waals surface area contributed by atoms with Gasteiger partial charge in [0.1, 0.15) is 5.82 Å². The van der Waals surface area contributed by atoms with Crippen LogP contribution in [0, 0.1) is 5.82 Å². The Morgan fingerprint density at radius 3 is 2.56 bits per heavy atom. The molecular formula is C28H36FN3O6S. The van der Waals surface area contributed by atoms with Crippen LogP contribution in [0.5, 0.6) is 0 Å². The number of carbonyl (C=O) groups excluding carboxylic acids is 1. The first-order chi connectivity index (χ1) is 18.8. The van der Waals surface area contributed by atoms with Gasteiger partial charge in [-0.05, 0) is 49.1 Å². The van der Waals surface area contributed by atoms with Gasteiger partial charge in [-0.3, -0.25) is 9.69 Å². The molecule has 3 aliphatic heterocycles. The van der Waals surface area contributed by atoms with Gasteiger partial charge in [0.15, 0.2) is 0 Å². The van der Waals surface area contributed by atoms with Crippen LogP contribution in [-0.4, -0.2) is 91.9 Å². The number of hydrogen-bond acceptors (Lipinski definition) is 7. The molecule has 39 heavy (non-hydrogen) atoms. The first kappa shape index (κ1) is 28.1. The predicted molar refractivity (Wildman–Crippen MR) is 142 cm³/mol. The van der Waals surface area contributed by atoms with E-state index in [0.29, 0.717) is 12.8 Å². The highest BCUT2D eigenvalue weighted by Crippen LogP contribution is 2.31. The molecule has 0 bridgehead atoms. The van der Waals surface area contributed by atoms with Gasteiger partial charge < -0.3 is 19.9 Å². The van der Waals surface area contributed by atoms with Crippen molar-refractivity contribution in [2.45, 2.75) is 67.5 Å². The van der Waals surface area contributed by atoms with E-state index < -0.39 is 34.1 Å². The van der Waals surface area contributed by atoms with E-state index in [2.05, 4.69) is 22.3 Å². The molecule has 2 N–H and O–H groups in total. The SMILES string of the molecule is O=C(C[C@H]1CC[C@H]2[C@@H](COC[C@@H](O)CN2S(=O)(=O)c2ccc(F)cc2)O1)N[C@H]1CCN(Cc2ccccc2)C1. The van der Waals surface area contributed by atoms with Crippen LogP contribution in [0.4, 0.5) is 4.39 Å². The minimum absolute atomic E-state index is 0.0334. The second-order valence-electron chi connectivity index (χ2n) is 10.6. The second kappa shape index (κ2) is 12.4. The summed E-state index contributed by atoms with van der Waals surface area (Å²) in [6, 6.07) is 14.4. The van der Waals surface area contributed by atoms with E-state index >= 15 is 0 Å². The van der Waals surface area contributed by atoms with Crippen molar-refractivity contribution in [2.75, 3.05) is 32.8 Å². The number of ether oxygens (including phenoxy) is 2. The average molecular weight is 562 g/mol. The fraction of sp³-hybridized carbons (Fsp3) is 0.536. The smallest absolute Gasteiger partial charge is 0.243 e. The molecule has 0 unspecified atom stereocenters. The van der Waals surface area contributed by atoms with Crippen molar-refractivity contribution in [1.29, 1.82) is 0 Å². The lowest BCUT2D eigenvalue weighted by Crippen LogP contribution is -2.57. The summed E-state index contributed by atoms with van der Waals surface area (Å²) < 4.78 is 53.5. The molecule has 0 aromatic heterocycles. The maximum atomic E-state index is 13.5. The van der Waals surface area contributed by atoms with Gasteiger partial charge in [0.25, 0.3) is 0 Å². The summed E-state index contributed by atoms with van der Waals surface area (Å²) in [5.41, 5.74) is 1.25. The van der Waals surface area contributed by atoms with E-state index in [1.54, 1.807) is 0 Å². The van der Waals surface area contributed by atoms with Gasteiger partial charge in [-0.25, -0.2) is 12.8 Å². The van der Waals surface area contributed by atoms with Crippen molar-refractivity contribution >= 4 is 15.9 Å². The molecule has 3 aliphatic rings. The van der Waals surface area contributed by atoms with Crippen molar-refractivity contribution in [1.82, 2.24) is 14.5 Å². The number of β-amino-alcohol motifs (C(OH)–C–C–N with tert-alkyl or cyclic N) is 1. The number of aliphatic hydroxyl groups excluding tert-OH is 1.